The van der Waals surface area contributed by atoms with Crippen molar-refractivity contribution in [2.24, 2.45) is 0 Å². The molecule has 1 aromatic heterocycles. The zero-order chi connectivity index (χ0) is 21.2. The van der Waals surface area contributed by atoms with Crippen LogP contribution in [-0.2, 0) is 6.54 Å². The van der Waals surface area contributed by atoms with Crippen molar-refractivity contribution in [2.75, 3.05) is 18.0 Å². The maximum atomic E-state index is 13.3. The average Bonchev–Trinajstić information content (AvgIpc) is 3.32. The first kappa shape index (κ1) is 19.9. The van der Waals surface area contributed by atoms with Crippen LogP contribution in [0.5, 0.6) is 0 Å². The van der Waals surface area contributed by atoms with Crippen molar-refractivity contribution < 1.29 is 8.78 Å². The number of anilines is 2. The molecule has 0 aliphatic carbocycles. The molecule has 0 spiro atoms. The predicted molar refractivity (Wildman–Crippen MR) is 121 cm³/mol. The summed E-state index contributed by atoms with van der Waals surface area (Å²) >= 11 is 0. The summed E-state index contributed by atoms with van der Waals surface area (Å²) in [6.45, 7) is 3.14. The Kier molecular flexibility index (Phi) is 5.51. The summed E-state index contributed by atoms with van der Waals surface area (Å²) in [4.78, 5) is 9.35. The van der Waals surface area contributed by atoms with E-state index in [1.807, 2.05) is 24.4 Å². The minimum atomic E-state index is -2.49. The number of hydrogen-bond donors (Lipinski definition) is 0. The van der Waals surface area contributed by atoms with E-state index in [4.69, 9.17) is 4.98 Å². The van der Waals surface area contributed by atoms with Gasteiger partial charge in [0, 0.05) is 17.8 Å². The van der Waals surface area contributed by atoms with Crippen LogP contribution in [0.3, 0.4) is 0 Å². The number of para-hydroxylation sites is 1. The molecule has 1 atom stereocenters. The molecule has 158 valence electrons. The summed E-state index contributed by atoms with van der Waals surface area (Å²) in [6, 6.07) is 18.9. The zero-order valence-corrected chi connectivity index (χ0v) is 17.3. The van der Waals surface area contributed by atoms with Crippen LogP contribution in [0.2, 0.25) is 0 Å². The highest BCUT2D eigenvalue weighted by molar-refractivity contribution is 5.79. The third-order valence-electron chi connectivity index (χ3n) is 6.11. The van der Waals surface area contributed by atoms with Crippen LogP contribution in [0.1, 0.15) is 47.7 Å². The van der Waals surface area contributed by atoms with Crippen LogP contribution in [0.4, 0.5) is 20.2 Å². The summed E-state index contributed by atoms with van der Waals surface area (Å²) in [6.07, 6.45) is 6.08. The quantitative estimate of drug-likeness (QED) is 0.471. The first-order valence-corrected chi connectivity index (χ1v) is 10.8. The standard InChI is InChI=1S/C26H25F2N3/c27-26(28)21-8-5-7-20(16-21)25-13-10-19-6-1-2-9-24(19)31(25)23-12-11-22(29-17-23)18-30-14-3-4-15-30/h1-2,5-13,16-17,25-26H,3-4,14-15,18H2. The molecule has 31 heavy (non-hydrogen) atoms. The first-order valence-electron chi connectivity index (χ1n) is 10.8. The third kappa shape index (κ3) is 4.10. The Morgan fingerprint density at radius 1 is 0.968 bits per heavy atom. The summed E-state index contributed by atoms with van der Waals surface area (Å²) in [5.74, 6) is 0. The van der Waals surface area contributed by atoms with Gasteiger partial charge in [-0.15, -0.1) is 0 Å². The molecule has 2 aliphatic rings. The van der Waals surface area contributed by atoms with Crippen LogP contribution < -0.4 is 4.90 Å². The minimum absolute atomic E-state index is 0.0452. The van der Waals surface area contributed by atoms with Gasteiger partial charge >= 0.3 is 0 Å². The Balaban J connectivity index is 1.51. The number of fused-ring (bicyclic) bond motifs is 1. The van der Waals surface area contributed by atoms with E-state index in [0.29, 0.717) is 0 Å². The van der Waals surface area contributed by atoms with Crippen LogP contribution >= 0.6 is 0 Å². The Bertz CT molecular complexity index is 1070. The van der Waals surface area contributed by atoms with Crippen LogP contribution in [0.15, 0.2) is 72.9 Å². The fourth-order valence-electron chi connectivity index (χ4n) is 4.54. The number of hydrogen-bond acceptors (Lipinski definition) is 3. The fraction of sp³-hybridized carbons (Fsp3) is 0.269. The summed E-state index contributed by atoms with van der Waals surface area (Å²) in [5, 5.41) is 0. The smallest absolute Gasteiger partial charge is 0.263 e. The monoisotopic (exact) mass is 417 g/mol. The lowest BCUT2D eigenvalue weighted by atomic mass is 9.95. The summed E-state index contributed by atoms with van der Waals surface area (Å²) in [7, 11) is 0. The van der Waals surface area contributed by atoms with Crippen molar-refractivity contribution in [3.63, 3.8) is 0 Å². The molecule has 2 aliphatic heterocycles. The highest BCUT2D eigenvalue weighted by atomic mass is 19.3. The van der Waals surface area contributed by atoms with Gasteiger partial charge in [-0.25, -0.2) is 8.78 Å². The van der Waals surface area contributed by atoms with Gasteiger partial charge < -0.3 is 4.90 Å². The average molecular weight is 418 g/mol. The van der Waals surface area contributed by atoms with E-state index in [1.165, 1.54) is 18.9 Å². The molecular weight excluding hydrogens is 392 g/mol. The Labute approximate surface area is 181 Å². The highest BCUT2D eigenvalue weighted by Gasteiger charge is 2.26. The van der Waals surface area contributed by atoms with Gasteiger partial charge in [-0.2, -0.15) is 0 Å². The van der Waals surface area contributed by atoms with E-state index in [9.17, 15) is 8.78 Å². The molecule has 1 unspecified atom stereocenters. The van der Waals surface area contributed by atoms with Crippen molar-refractivity contribution in [1.29, 1.82) is 0 Å². The number of alkyl halides is 2. The van der Waals surface area contributed by atoms with E-state index >= 15 is 0 Å². The Morgan fingerprint density at radius 3 is 2.58 bits per heavy atom. The molecule has 5 rings (SSSR count). The van der Waals surface area contributed by atoms with Gasteiger partial charge in [0.2, 0.25) is 0 Å². The van der Waals surface area contributed by atoms with Crippen molar-refractivity contribution in [3.8, 4) is 0 Å². The van der Waals surface area contributed by atoms with Gasteiger partial charge in [-0.1, -0.05) is 48.6 Å². The van der Waals surface area contributed by atoms with E-state index in [2.05, 4.69) is 46.2 Å². The van der Waals surface area contributed by atoms with Gasteiger partial charge in [0.1, 0.15) is 0 Å². The van der Waals surface area contributed by atoms with Gasteiger partial charge in [-0.05, 0) is 61.3 Å². The normalized spacial score (nSPS) is 18.5. The highest BCUT2D eigenvalue weighted by Crippen LogP contribution is 2.42. The van der Waals surface area contributed by atoms with E-state index in [-0.39, 0.29) is 11.6 Å². The van der Waals surface area contributed by atoms with E-state index < -0.39 is 6.43 Å². The largest absolute Gasteiger partial charge is 0.329 e. The van der Waals surface area contributed by atoms with Crippen LogP contribution in [-0.4, -0.2) is 23.0 Å². The predicted octanol–water partition coefficient (Wildman–Crippen LogP) is 6.52. The lowest BCUT2D eigenvalue weighted by Crippen LogP contribution is -2.25. The molecule has 3 aromatic rings. The number of rotatable bonds is 5. The zero-order valence-electron chi connectivity index (χ0n) is 17.3. The number of nitrogens with zero attached hydrogens (tertiary/aromatic N) is 3. The number of aromatic nitrogens is 1. The molecule has 1 fully saturated rings. The SMILES string of the molecule is FC(F)c1cccc(C2C=Cc3ccccc3N2c2ccc(CN3CCCC3)nc2)c1. The molecule has 5 heteroatoms. The number of halogens is 2. The molecule has 2 aromatic carbocycles. The molecule has 0 radical (unpaired) electrons. The van der Waals surface area contributed by atoms with Gasteiger partial charge in [0.15, 0.2) is 0 Å². The second-order valence-corrected chi connectivity index (χ2v) is 8.19. The third-order valence-corrected chi connectivity index (χ3v) is 6.11. The lowest BCUT2D eigenvalue weighted by Gasteiger charge is -2.36. The van der Waals surface area contributed by atoms with Crippen molar-refractivity contribution >= 4 is 17.5 Å². The Hall–Kier alpha value is -3.05. The molecule has 0 bridgehead atoms. The molecule has 0 N–H and O–H groups in total. The maximum Gasteiger partial charge on any atom is 0.263 e. The molecule has 3 heterocycles. The molecule has 3 nitrogen and oxygen atoms in total. The summed E-state index contributed by atoms with van der Waals surface area (Å²) < 4.78 is 26.7. The van der Waals surface area contributed by atoms with Crippen molar-refractivity contribution in [1.82, 2.24) is 9.88 Å². The first-order chi connectivity index (χ1) is 15.2. The van der Waals surface area contributed by atoms with Gasteiger partial charge in [-0.3, -0.25) is 9.88 Å². The second kappa shape index (κ2) is 8.60. The lowest BCUT2D eigenvalue weighted by molar-refractivity contribution is 0.151. The molecule has 0 amide bonds. The molecule has 1 saturated heterocycles. The number of pyridine rings is 1. The minimum Gasteiger partial charge on any atom is -0.329 e. The van der Waals surface area contributed by atoms with Gasteiger partial charge in [0.25, 0.3) is 6.43 Å². The number of benzene rings is 2. The Morgan fingerprint density at radius 2 is 1.81 bits per heavy atom. The second-order valence-electron chi connectivity index (χ2n) is 8.19. The topological polar surface area (TPSA) is 19.4 Å². The fourth-order valence-corrected chi connectivity index (χ4v) is 4.54. The summed E-state index contributed by atoms with van der Waals surface area (Å²) in [5.41, 5.74) is 5.04. The molecule has 0 saturated carbocycles. The number of likely N-dealkylation sites (tertiary alicyclic amines) is 1. The van der Waals surface area contributed by atoms with Crippen molar-refractivity contribution in [3.05, 3.63) is 95.3 Å². The van der Waals surface area contributed by atoms with E-state index in [1.54, 1.807) is 12.1 Å². The van der Waals surface area contributed by atoms with Crippen LogP contribution in [0, 0.1) is 0 Å². The van der Waals surface area contributed by atoms with Crippen molar-refractivity contribution in [2.45, 2.75) is 31.9 Å². The van der Waals surface area contributed by atoms with E-state index in [0.717, 1.165) is 47.8 Å². The van der Waals surface area contributed by atoms with Gasteiger partial charge in [0.05, 0.1) is 23.6 Å². The molecular formula is C26H25F2N3. The van der Waals surface area contributed by atoms with Crippen LogP contribution in [0.25, 0.3) is 6.08 Å². The maximum absolute atomic E-state index is 13.3.